The minimum Gasteiger partial charge on any atom is -0.397 e. The van der Waals surface area contributed by atoms with Gasteiger partial charge in [0.15, 0.2) is 0 Å². The van der Waals surface area contributed by atoms with Crippen LogP contribution in [0.15, 0.2) is 0 Å². The van der Waals surface area contributed by atoms with Crippen LogP contribution in [0.4, 0.5) is 0 Å². The van der Waals surface area contributed by atoms with E-state index in [1.165, 1.54) is 12.8 Å². The van der Waals surface area contributed by atoms with Crippen LogP contribution >= 0.6 is 0 Å². The van der Waals surface area contributed by atoms with Crippen molar-refractivity contribution in [3.8, 4) is 0 Å². The average molecular weight is 805 g/mol. The van der Waals surface area contributed by atoms with Crippen LogP contribution in [0, 0.1) is 11.8 Å². The van der Waals surface area contributed by atoms with E-state index >= 15 is 0 Å². The van der Waals surface area contributed by atoms with Gasteiger partial charge in [-0.2, -0.15) is 0 Å². The van der Waals surface area contributed by atoms with E-state index in [0.29, 0.717) is 12.5 Å². The van der Waals surface area contributed by atoms with Crippen molar-refractivity contribution >= 4 is 0 Å². The van der Waals surface area contributed by atoms with Crippen molar-refractivity contribution < 1.29 is 46.0 Å². The highest BCUT2D eigenvalue weighted by Crippen LogP contribution is 2.08. The number of hydrogen-bond donors (Lipinski definition) is 9. The Bertz CT molecular complexity index is 280. The van der Waals surface area contributed by atoms with Crippen LogP contribution in [0.25, 0.3) is 0 Å². The monoisotopic (exact) mass is 805 g/mol. The van der Waals surface area contributed by atoms with Gasteiger partial charge in [0.1, 0.15) is 0 Å². The van der Waals surface area contributed by atoms with E-state index < -0.39 is 5.60 Å². The molecule has 0 aliphatic carbocycles. The van der Waals surface area contributed by atoms with Gasteiger partial charge < -0.3 is 46.0 Å². The topological polar surface area (TPSA) is 182 Å². The molecule has 0 saturated heterocycles. The fourth-order valence-electron chi connectivity index (χ4n) is 1.03. The van der Waals surface area contributed by atoms with E-state index in [4.69, 9.17) is 46.0 Å². The van der Waals surface area contributed by atoms with Crippen molar-refractivity contribution in [2.45, 2.75) is 250 Å². The zero-order valence-corrected chi connectivity index (χ0v) is 43.0. The Kier molecular flexibility index (Phi) is 276. The summed E-state index contributed by atoms with van der Waals surface area (Å²) in [5.74, 6) is 1.32. The van der Waals surface area contributed by atoms with E-state index in [0.717, 1.165) is 38.0 Å². The molecule has 9 N–H and O–H groups in total. The molecule has 0 heterocycles. The molecular weight excluding hydrogens is 684 g/mol. The first-order valence-corrected chi connectivity index (χ1v) is 21.8. The molecule has 0 rings (SSSR count). The Hall–Kier alpha value is -0.360. The van der Waals surface area contributed by atoms with Crippen molar-refractivity contribution in [2.24, 2.45) is 11.8 Å². The standard InChI is InChI=1S/C6H14O.2C5H12O.C4H10.C3H8O.2C3H8.5C2H6O.3C2H6/c1-4-5-6(2,3)7;1-3-5(2)4-6;1-3-5(6)4-2;1-4(2)3;1-3(2)4;2*1-3-2;5*1-2-3;3*1-2/h7H,4-5H2,1-3H3;2*5-6H,3-4H2,1-2H3;4H,1-3H3;3-4H,1-2H3;2*3H2,1-2H3;5*3H,2H2,1H3;3*1-2H3. The lowest BCUT2D eigenvalue weighted by Crippen LogP contribution is -2.16. The van der Waals surface area contributed by atoms with Crippen LogP contribution in [0.5, 0.6) is 0 Å². The molecule has 0 radical (unpaired) electrons. The molecule has 1 atom stereocenters. The highest BCUT2D eigenvalue weighted by Gasteiger charge is 2.08. The summed E-state index contributed by atoms with van der Waals surface area (Å²) in [6.07, 6.45) is 7.07. The Morgan fingerprint density at radius 3 is 0.574 bits per heavy atom. The fourth-order valence-corrected chi connectivity index (χ4v) is 1.03. The van der Waals surface area contributed by atoms with E-state index in [2.05, 4.69) is 62.3 Å². The molecule has 0 saturated carbocycles. The average Bonchev–Trinajstić information content (AvgIpc) is 3.09. The molecule has 354 valence electrons. The number of rotatable bonds is 6. The number of hydrogen-bond acceptors (Lipinski definition) is 9. The van der Waals surface area contributed by atoms with Crippen molar-refractivity contribution in [1.29, 1.82) is 0 Å². The van der Waals surface area contributed by atoms with E-state index in [9.17, 15) is 0 Å². The predicted octanol–water partition coefficient (Wildman–Crippen LogP) is 11.7. The van der Waals surface area contributed by atoms with Gasteiger partial charge in [0.25, 0.3) is 0 Å². The van der Waals surface area contributed by atoms with Crippen LogP contribution in [0.3, 0.4) is 0 Å². The summed E-state index contributed by atoms with van der Waals surface area (Å²) in [6.45, 7) is 54.2. The molecule has 0 aliphatic rings. The summed E-state index contributed by atoms with van der Waals surface area (Å²) in [4.78, 5) is 0. The van der Waals surface area contributed by atoms with Crippen LogP contribution in [-0.4, -0.2) is 103 Å². The zero-order valence-electron chi connectivity index (χ0n) is 43.0. The van der Waals surface area contributed by atoms with Crippen LogP contribution in [-0.2, 0) is 0 Å². The molecule has 0 aromatic carbocycles. The molecule has 0 spiro atoms. The molecule has 0 fully saturated rings. The smallest absolute Gasteiger partial charge is 0.0591 e. The van der Waals surface area contributed by atoms with Crippen molar-refractivity contribution in [1.82, 2.24) is 0 Å². The first-order valence-electron chi connectivity index (χ1n) is 21.8. The van der Waals surface area contributed by atoms with Gasteiger partial charge in [0.2, 0.25) is 0 Å². The SMILES string of the molecule is CC.CC.CC.CC(C)C.CC(C)O.CCC.CCC.CCC(C)CO.CCC(O)CC.CCCC(C)(C)O.CCO.CCO.CCO.CCO.CCO. The number of aliphatic hydroxyl groups excluding tert-OH is 8. The highest BCUT2D eigenvalue weighted by molar-refractivity contribution is 4.61. The van der Waals surface area contributed by atoms with Crippen molar-refractivity contribution in [2.75, 3.05) is 39.6 Å². The third-order valence-electron chi connectivity index (χ3n) is 2.81. The molecule has 0 amide bonds. The maximum absolute atomic E-state index is 9.02. The Morgan fingerprint density at radius 2 is 0.574 bits per heavy atom. The van der Waals surface area contributed by atoms with Crippen LogP contribution < -0.4 is 0 Å². The highest BCUT2D eigenvalue weighted by atomic mass is 16.3. The first-order chi connectivity index (χ1) is 25.0. The largest absolute Gasteiger partial charge is 0.397 e. The molecule has 9 heteroatoms. The third-order valence-corrected chi connectivity index (χ3v) is 2.81. The van der Waals surface area contributed by atoms with Gasteiger partial charge in [-0.25, -0.2) is 0 Å². The Balaban J connectivity index is -0.0000000236. The Morgan fingerprint density at radius 1 is 0.426 bits per heavy atom. The summed E-state index contributed by atoms with van der Waals surface area (Å²) in [5.41, 5.74) is -0.450. The molecule has 0 aromatic rings. The summed E-state index contributed by atoms with van der Waals surface area (Å²) in [6, 6.07) is 0. The van der Waals surface area contributed by atoms with Gasteiger partial charge in [0, 0.05) is 45.7 Å². The van der Waals surface area contributed by atoms with Gasteiger partial charge in [0.05, 0.1) is 11.7 Å². The maximum atomic E-state index is 9.02. The molecule has 1 unspecified atom stereocenters. The summed E-state index contributed by atoms with van der Waals surface area (Å²) in [5, 5.41) is 71.9. The minimum atomic E-state index is -0.450. The fraction of sp³-hybridized carbons (Fsp3) is 1.00. The second-order valence-corrected chi connectivity index (χ2v) is 11.5. The van der Waals surface area contributed by atoms with Crippen LogP contribution in [0.2, 0.25) is 0 Å². The summed E-state index contributed by atoms with van der Waals surface area (Å²) in [7, 11) is 0. The third kappa shape index (κ3) is 977. The second-order valence-electron chi connectivity index (χ2n) is 11.5. The quantitative estimate of drug-likeness (QED) is 0.126. The van der Waals surface area contributed by atoms with Gasteiger partial charge in [-0.1, -0.05) is 150 Å². The molecule has 0 bridgehead atoms. The van der Waals surface area contributed by atoms with Crippen molar-refractivity contribution in [3.63, 3.8) is 0 Å². The number of aliphatic hydroxyl groups is 9. The zero-order chi connectivity index (χ0) is 48.0. The maximum Gasteiger partial charge on any atom is 0.0591 e. The lowest BCUT2D eigenvalue weighted by atomic mass is 10.0. The summed E-state index contributed by atoms with van der Waals surface area (Å²) < 4.78 is 0. The predicted molar refractivity (Wildman–Crippen MR) is 252 cm³/mol. The molecule has 54 heavy (non-hydrogen) atoms. The molecule has 0 aromatic heterocycles. The van der Waals surface area contributed by atoms with Gasteiger partial charge in [-0.3, -0.25) is 0 Å². The normalized spacial score (nSPS) is 8.28. The Labute approximate surface area is 346 Å². The van der Waals surface area contributed by atoms with E-state index in [1.54, 1.807) is 48.5 Å². The first kappa shape index (κ1) is 99.6. The van der Waals surface area contributed by atoms with E-state index in [1.807, 2.05) is 76.2 Å². The van der Waals surface area contributed by atoms with E-state index in [-0.39, 0.29) is 45.2 Å². The minimum absolute atomic E-state index is 0.0648. The molecule has 9 nitrogen and oxygen atoms in total. The lowest BCUT2D eigenvalue weighted by molar-refractivity contribution is 0.0703. The van der Waals surface area contributed by atoms with Gasteiger partial charge >= 0.3 is 0 Å². The lowest BCUT2D eigenvalue weighted by Gasteiger charge is -2.14. The molecular formula is C45H120O9. The van der Waals surface area contributed by atoms with Crippen molar-refractivity contribution in [3.05, 3.63) is 0 Å². The van der Waals surface area contributed by atoms with Gasteiger partial charge in [-0.05, 0) is 93.4 Å². The second kappa shape index (κ2) is 150. The van der Waals surface area contributed by atoms with Crippen LogP contribution in [0.1, 0.15) is 232 Å². The van der Waals surface area contributed by atoms with Gasteiger partial charge in [-0.15, -0.1) is 0 Å². The summed E-state index contributed by atoms with van der Waals surface area (Å²) >= 11 is 0. The molecule has 0 aliphatic heterocycles.